The molecular weight excluding hydrogens is 312 g/mol. The fourth-order valence-electron chi connectivity index (χ4n) is 3.66. The van der Waals surface area contributed by atoms with Crippen LogP contribution in [0.1, 0.15) is 25.8 Å². The third-order valence-corrected chi connectivity index (χ3v) is 6.58. The predicted octanol–water partition coefficient (Wildman–Crippen LogP) is 1.61. The first-order valence-corrected chi connectivity index (χ1v) is 9.89. The molecule has 0 spiro atoms. The van der Waals surface area contributed by atoms with Crippen LogP contribution in [0, 0.1) is 5.41 Å². The molecular formula is C17H26N2O3S. The zero-order chi connectivity index (χ0) is 16.5. The summed E-state index contributed by atoms with van der Waals surface area (Å²) in [5.41, 5.74) is 0.767. The molecule has 1 N–H and O–H groups in total. The van der Waals surface area contributed by atoms with Crippen LogP contribution in [-0.2, 0) is 20.5 Å². The van der Waals surface area contributed by atoms with Gasteiger partial charge in [0, 0.05) is 25.2 Å². The lowest BCUT2D eigenvalue weighted by atomic mass is 9.62. The van der Waals surface area contributed by atoms with E-state index in [2.05, 4.69) is 23.5 Å². The average molecular weight is 338 g/mol. The van der Waals surface area contributed by atoms with Crippen LogP contribution in [-0.4, -0.2) is 51.7 Å². The van der Waals surface area contributed by atoms with Crippen molar-refractivity contribution in [3.63, 3.8) is 0 Å². The summed E-state index contributed by atoms with van der Waals surface area (Å²) in [5, 5.41) is 0. The molecule has 6 heteroatoms. The van der Waals surface area contributed by atoms with Crippen molar-refractivity contribution in [3.05, 3.63) is 35.9 Å². The molecule has 2 atom stereocenters. The second-order valence-electron chi connectivity index (χ2n) is 7.14. The molecule has 1 saturated heterocycles. The number of hydrogen-bond donors (Lipinski definition) is 1. The number of rotatable bonds is 5. The van der Waals surface area contributed by atoms with Gasteiger partial charge in [-0.15, -0.1) is 0 Å². The number of nitrogens with zero attached hydrogens (tertiary/aromatic N) is 1. The van der Waals surface area contributed by atoms with Crippen LogP contribution in [0.25, 0.3) is 0 Å². The van der Waals surface area contributed by atoms with Crippen LogP contribution in [0.5, 0.6) is 0 Å². The van der Waals surface area contributed by atoms with Crippen molar-refractivity contribution in [2.24, 2.45) is 5.41 Å². The monoisotopic (exact) mass is 338 g/mol. The van der Waals surface area contributed by atoms with Gasteiger partial charge in [-0.3, -0.25) is 4.90 Å². The number of ether oxygens (including phenoxy) is 1. The van der Waals surface area contributed by atoms with Crippen LogP contribution in [0.15, 0.2) is 30.3 Å². The van der Waals surface area contributed by atoms with E-state index < -0.39 is 10.0 Å². The van der Waals surface area contributed by atoms with Crippen molar-refractivity contribution < 1.29 is 13.2 Å². The Morgan fingerprint density at radius 2 is 1.87 bits per heavy atom. The predicted molar refractivity (Wildman–Crippen MR) is 90.6 cm³/mol. The molecule has 23 heavy (non-hydrogen) atoms. The van der Waals surface area contributed by atoms with Gasteiger partial charge in [-0.1, -0.05) is 44.2 Å². The molecule has 2 unspecified atom stereocenters. The van der Waals surface area contributed by atoms with Crippen molar-refractivity contribution in [1.82, 2.24) is 9.62 Å². The van der Waals surface area contributed by atoms with Gasteiger partial charge >= 0.3 is 0 Å². The molecule has 1 aliphatic heterocycles. The molecule has 2 fully saturated rings. The zero-order valence-electron chi connectivity index (χ0n) is 13.9. The highest BCUT2D eigenvalue weighted by Crippen LogP contribution is 2.44. The summed E-state index contributed by atoms with van der Waals surface area (Å²) < 4.78 is 33.2. The molecule has 1 saturated carbocycles. The molecule has 5 nitrogen and oxygen atoms in total. The molecule has 0 bridgehead atoms. The van der Waals surface area contributed by atoms with Crippen molar-refractivity contribution in [2.75, 3.05) is 26.3 Å². The van der Waals surface area contributed by atoms with Crippen LogP contribution in [0.4, 0.5) is 0 Å². The van der Waals surface area contributed by atoms with Crippen molar-refractivity contribution in [3.8, 4) is 0 Å². The highest BCUT2D eigenvalue weighted by atomic mass is 32.2. The van der Waals surface area contributed by atoms with E-state index >= 15 is 0 Å². The molecule has 0 aromatic heterocycles. The van der Waals surface area contributed by atoms with Gasteiger partial charge in [-0.05, 0) is 17.4 Å². The zero-order valence-corrected chi connectivity index (χ0v) is 14.7. The minimum Gasteiger partial charge on any atom is -0.379 e. The van der Waals surface area contributed by atoms with Crippen LogP contribution < -0.4 is 4.72 Å². The maximum atomic E-state index is 12.4. The number of nitrogens with one attached hydrogen (secondary N) is 1. The third kappa shape index (κ3) is 3.76. The van der Waals surface area contributed by atoms with E-state index in [1.807, 2.05) is 30.3 Å². The number of morpholine rings is 1. The Hall–Kier alpha value is -0.950. The lowest BCUT2D eigenvalue weighted by Gasteiger charge is -2.57. The quantitative estimate of drug-likeness (QED) is 0.886. The first-order valence-electron chi connectivity index (χ1n) is 8.24. The largest absolute Gasteiger partial charge is 0.379 e. The van der Waals surface area contributed by atoms with E-state index in [0.29, 0.717) is 6.04 Å². The minimum absolute atomic E-state index is 0.00376. The number of hydrogen-bond acceptors (Lipinski definition) is 4. The third-order valence-electron chi connectivity index (χ3n) is 5.22. The average Bonchev–Trinajstić information content (AvgIpc) is 2.52. The molecule has 0 radical (unpaired) electrons. The van der Waals surface area contributed by atoms with Crippen molar-refractivity contribution in [1.29, 1.82) is 0 Å². The van der Waals surface area contributed by atoms with E-state index in [1.54, 1.807) is 0 Å². The van der Waals surface area contributed by atoms with Gasteiger partial charge in [0.25, 0.3) is 0 Å². The van der Waals surface area contributed by atoms with E-state index in [-0.39, 0.29) is 17.2 Å². The second-order valence-corrected chi connectivity index (χ2v) is 8.89. The van der Waals surface area contributed by atoms with Crippen LogP contribution >= 0.6 is 0 Å². The molecule has 3 rings (SSSR count). The first-order chi connectivity index (χ1) is 10.9. The summed E-state index contributed by atoms with van der Waals surface area (Å²) in [6.45, 7) is 7.75. The Bertz CT molecular complexity index is 624. The summed E-state index contributed by atoms with van der Waals surface area (Å²) in [7, 11) is -3.31. The summed E-state index contributed by atoms with van der Waals surface area (Å²) >= 11 is 0. The Labute approximate surface area is 139 Å². The van der Waals surface area contributed by atoms with Gasteiger partial charge in [0.05, 0.1) is 19.0 Å². The highest BCUT2D eigenvalue weighted by Gasteiger charge is 2.51. The molecule has 0 amide bonds. The first kappa shape index (κ1) is 16.9. The van der Waals surface area contributed by atoms with Gasteiger partial charge in [-0.2, -0.15) is 0 Å². The topological polar surface area (TPSA) is 58.6 Å². The fourth-order valence-corrected chi connectivity index (χ4v) is 5.21. The SMILES string of the molecule is CC1(C)C(NS(=O)(=O)Cc2ccccc2)CC1N1CCOCC1. The summed E-state index contributed by atoms with van der Waals surface area (Å²) in [6.07, 6.45) is 0.876. The highest BCUT2D eigenvalue weighted by molar-refractivity contribution is 7.88. The number of benzene rings is 1. The molecule has 1 aromatic rings. The van der Waals surface area contributed by atoms with E-state index in [1.165, 1.54) is 0 Å². The van der Waals surface area contributed by atoms with Gasteiger partial charge in [-0.25, -0.2) is 13.1 Å². The Balaban J connectivity index is 1.60. The minimum atomic E-state index is -3.31. The molecule has 128 valence electrons. The van der Waals surface area contributed by atoms with E-state index in [4.69, 9.17) is 4.74 Å². The van der Waals surface area contributed by atoms with Gasteiger partial charge in [0.2, 0.25) is 10.0 Å². The number of sulfonamides is 1. The lowest BCUT2D eigenvalue weighted by molar-refractivity contribution is -0.0721. The van der Waals surface area contributed by atoms with E-state index in [9.17, 15) is 8.42 Å². The molecule has 1 aliphatic carbocycles. The van der Waals surface area contributed by atoms with Crippen molar-refractivity contribution in [2.45, 2.75) is 38.1 Å². The summed E-state index contributed by atoms with van der Waals surface area (Å²) in [6, 6.07) is 9.76. The summed E-state index contributed by atoms with van der Waals surface area (Å²) in [5.74, 6) is 0.0443. The molecule has 1 heterocycles. The fraction of sp³-hybridized carbons (Fsp3) is 0.647. The molecule has 1 aromatic carbocycles. The lowest BCUT2D eigenvalue weighted by Crippen LogP contribution is -2.67. The molecule has 2 aliphatic rings. The van der Waals surface area contributed by atoms with Crippen LogP contribution in [0.2, 0.25) is 0 Å². The Morgan fingerprint density at radius 1 is 1.22 bits per heavy atom. The maximum absolute atomic E-state index is 12.4. The Kier molecular flexibility index (Phi) is 4.78. The van der Waals surface area contributed by atoms with Crippen molar-refractivity contribution >= 4 is 10.0 Å². The van der Waals surface area contributed by atoms with Gasteiger partial charge in [0.15, 0.2) is 0 Å². The smallest absolute Gasteiger partial charge is 0.216 e. The maximum Gasteiger partial charge on any atom is 0.216 e. The Morgan fingerprint density at radius 3 is 2.48 bits per heavy atom. The van der Waals surface area contributed by atoms with Gasteiger partial charge in [0.1, 0.15) is 0 Å². The van der Waals surface area contributed by atoms with Gasteiger partial charge < -0.3 is 4.74 Å². The normalized spacial score (nSPS) is 28.3. The van der Waals surface area contributed by atoms with E-state index in [0.717, 1.165) is 38.3 Å². The van der Waals surface area contributed by atoms with Crippen LogP contribution in [0.3, 0.4) is 0 Å². The standard InChI is InChI=1S/C17H26N2O3S/c1-17(2)15(12-16(17)19-8-10-22-11-9-19)18-23(20,21)13-14-6-4-3-5-7-14/h3-7,15-16,18H,8-13H2,1-2H3. The summed E-state index contributed by atoms with van der Waals surface area (Å²) in [4.78, 5) is 2.44. The second kappa shape index (κ2) is 6.51.